The molecule has 8 heteroatoms. The summed E-state index contributed by atoms with van der Waals surface area (Å²) in [6, 6.07) is 0. The number of halogens is 3. The predicted octanol–water partition coefficient (Wildman–Crippen LogP) is 0.0121. The van der Waals surface area contributed by atoms with Crippen molar-refractivity contribution in [2.24, 2.45) is 0 Å². The van der Waals surface area contributed by atoms with Crippen molar-refractivity contribution in [3.05, 3.63) is 0 Å². The first kappa shape index (κ1) is 15.2. The van der Waals surface area contributed by atoms with Gasteiger partial charge in [-0.1, -0.05) is 0 Å². The lowest BCUT2D eigenvalue weighted by Gasteiger charge is -2.32. The summed E-state index contributed by atoms with van der Waals surface area (Å²) in [4.78, 5) is 13.1. The van der Waals surface area contributed by atoms with Gasteiger partial charge in [0.15, 0.2) is 0 Å². The minimum absolute atomic E-state index is 0.129. The van der Waals surface area contributed by atoms with E-state index in [2.05, 4.69) is 10.1 Å². The molecule has 1 saturated heterocycles. The van der Waals surface area contributed by atoms with E-state index in [1.54, 1.807) is 7.05 Å². The number of nitrogens with one attached hydrogen (secondary N) is 1. The third kappa shape index (κ3) is 5.65. The van der Waals surface area contributed by atoms with Crippen LogP contribution >= 0.6 is 0 Å². The average molecular weight is 270 g/mol. The summed E-state index contributed by atoms with van der Waals surface area (Å²) >= 11 is 0. The van der Waals surface area contributed by atoms with Crippen molar-refractivity contribution < 1.29 is 27.4 Å². The Hall–Kier alpha value is -0.860. The molecule has 18 heavy (non-hydrogen) atoms. The molecule has 1 heterocycles. The maximum atomic E-state index is 11.8. The number of ether oxygens (including phenoxy) is 2. The first-order valence-electron chi connectivity index (χ1n) is 5.61. The van der Waals surface area contributed by atoms with Crippen LogP contribution in [0.5, 0.6) is 0 Å². The molecule has 0 aromatic heterocycles. The number of carbonyl (C=O) groups is 1. The molecule has 0 radical (unpaired) electrons. The highest BCUT2D eigenvalue weighted by atomic mass is 19.4. The monoisotopic (exact) mass is 270 g/mol. The van der Waals surface area contributed by atoms with E-state index < -0.39 is 25.3 Å². The molecule has 0 bridgehead atoms. The van der Waals surface area contributed by atoms with Crippen molar-refractivity contribution in [2.45, 2.75) is 12.3 Å². The molecular formula is C10H17F3N2O3. The van der Waals surface area contributed by atoms with Gasteiger partial charge in [0, 0.05) is 19.6 Å². The highest BCUT2D eigenvalue weighted by Crippen LogP contribution is 2.14. The van der Waals surface area contributed by atoms with E-state index in [4.69, 9.17) is 4.74 Å². The molecule has 0 spiro atoms. The van der Waals surface area contributed by atoms with Crippen LogP contribution in [-0.2, 0) is 14.3 Å². The largest absolute Gasteiger partial charge is 0.411 e. The number of carbonyl (C=O) groups excluding carboxylic acids is 1. The molecule has 106 valence electrons. The lowest BCUT2D eigenvalue weighted by molar-refractivity contribution is -0.179. The topological polar surface area (TPSA) is 50.8 Å². The van der Waals surface area contributed by atoms with Gasteiger partial charge in [0.25, 0.3) is 0 Å². The summed E-state index contributed by atoms with van der Waals surface area (Å²) in [6.07, 6.45) is -4.53. The first-order valence-corrected chi connectivity index (χ1v) is 5.61. The SMILES string of the molecule is CNCC1CN(C(=O)COCC(F)(F)F)CCO1. The molecule has 1 rings (SSSR count). The smallest absolute Gasteiger partial charge is 0.373 e. The van der Waals surface area contributed by atoms with Gasteiger partial charge in [0.2, 0.25) is 5.91 Å². The molecule has 1 amide bonds. The normalized spacial score (nSPS) is 21.1. The zero-order chi connectivity index (χ0) is 13.6. The molecule has 0 aromatic rings. The fraction of sp³-hybridized carbons (Fsp3) is 0.900. The molecule has 0 saturated carbocycles. The predicted molar refractivity (Wildman–Crippen MR) is 57.1 cm³/mol. The van der Waals surface area contributed by atoms with Crippen LogP contribution in [-0.4, -0.2) is 69.6 Å². The number of alkyl halides is 3. The van der Waals surface area contributed by atoms with Crippen LogP contribution in [0.2, 0.25) is 0 Å². The van der Waals surface area contributed by atoms with Crippen molar-refractivity contribution in [3.63, 3.8) is 0 Å². The third-order valence-electron chi connectivity index (χ3n) is 2.41. The van der Waals surface area contributed by atoms with E-state index in [1.807, 2.05) is 0 Å². The maximum absolute atomic E-state index is 11.8. The number of morpholine rings is 1. The number of hydrogen-bond acceptors (Lipinski definition) is 4. The van der Waals surface area contributed by atoms with Crippen molar-refractivity contribution >= 4 is 5.91 Å². The Morgan fingerprint density at radius 1 is 1.56 bits per heavy atom. The Balaban J connectivity index is 2.28. The molecule has 0 aliphatic carbocycles. The quantitative estimate of drug-likeness (QED) is 0.765. The van der Waals surface area contributed by atoms with Gasteiger partial charge >= 0.3 is 6.18 Å². The van der Waals surface area contributed by atoms with Gasteiger partial charge < -0.3 is 19.7 Å². The van der Waals surface area contributed by atoms with Gasteiger partial charge in [-0.05, 0) is 7.05 Å². The maximum Gasteiger partial charge on any atom is 0.411 e. The summed E-state index contributed by atoms with van der Waals surface area (Å²) in [5.74, 6) is -0.441. The number of hydrogen-bond donors (Lipinski definition) is 1. The van der Waals surface area contributed by atoms with Crippen LogP contribution in [0.25, 0.3) is 0 Å². The van der Waals surface area contributed by atoms with E-state index >= 15 is 0 Å². The first-order chi connectivity index (χ1) is 8.42. The van der Waals surface area contributed by atoms with Gasteiger partial charge in [-0.15, -0.1) is 0 Å². The highest BCUT2D eigenvalue weighted by molar-refractivity contribution is 5.77. The van der Waals surface area contributed by atoms with E-state index in [-0.39, 0.29) is 6.10 Å². The van der Waals surface area contributed by atoms with E-state index in [0.29, 0.717) is 26.2 Å². The minimum Gasteiger partial charge on any atom is -0.373 e. The molecule has 1 unspecified atom stereocenters. The Morgan fingerprint density at radius 3 is 2.89 bits per heavy atom. The summed E-state index contributed by atoms with van der Waals surface area (Å²) in [5, 5.41) is 2.92. The number of rotatable bonds is 5. The standard InChI is InChI=1S/C10H17F3N2O3/c1-14-4-8-5-15(2-3-18-8)9(16)6-17-7-10(11,12)13/h8,14H,2-7H2,1H3. The van der Waals surface area contributed by atoms with Crippen molar-refractivity contribution in [1.29, 1.82) is 0 Å². The second-order valence-electron chi connectivity index (χ2n) is 4.00. The van der Waals surface area contributed by atoms with E-state index in [0.717, 1.165) is 0 Å². The fourth-order valence-electron chi connectivity index (χ4n) is 1.64. The van der Waals surface area contributed by atoms with Crippen molar-refractivity contribution in [3.8, 4) is 0 Å². The van der Waals surface area contributed by atoms with Crippen molar-refractivity contribution in [1.82, 2.24) is 10.2 Å². The second kappa shape index (κ2) is 6.91. The molecule has 0 aromatic carbocycles. The van der Waals surface area contributed by atoms with Gasteiger partial charge in [0.05, 0.1) is 12.7 Å². The molecule has 1 aliphatic rings. The van der Waals surface area contributed by atoms with Gasteiger partial charge in [0.1, 0.15) is 13.2 Å². The molecule has 1 atom stereocenters. The van der Waals surface area contributed by atoms with Crippen LogP contribution in [0.1, 0.15) is 0 Å². The van der Waals surface area contributed by atoms with Crippen molar-refractivity contribution in [2.75, 3.05) is 46.5 Å². The van der Waals surface area contributed by atoms with Gasteiger partial charge in [-0.3, -0.25) is 4.79 Å². The average Bonchev–Trinajstić information content (AvgIpc) is 2.28. The lowest BCUT2D eigenvalue weighted by atomic mass is 10.2. The number of nitrogens with zero attached hydrogens (tertiary/aromatic N) is 1. The summed E-state index contributed by atoms with van der Waals surface area (Å²) in [5.41, 5.74) is 0. The van der Waals surface area contributed by atoms with Crippen LogP contribution in [0.4, 0.5) is 13.2 Å². The second-order valence-corrected chi connectivity index (χ2v) is 4.00. The van der Waals surface area contributed by atoms with Crippen LogP contribution in [0, 0.1) is 0 Å². The zero-order valence-electron chi connectivity index (χ0n) is 10.1. The molecular weight excluding hydrogens is 253 g/mol. The summed E-state index contributed by atoms with van der Waals surface area (Å²) in [7, 11) is 1.76. The summed E-state index contributed by atoms with van der Waals surface area (Å²) in [6.45, 7) is -0.219. The van der Waals surface area contributed by atoms with Crippen LogP contribution in [0.15, 0.2) is 0 Å². The molecule has 5 nitrogen and oxygen atoms in total. The Kier molecular flexibility index (Phi) is 5.83. The van der Waals surface area contributed by atoms with Gasteiger partial charge in [-0.25, -0.2) is 0 Å². The Bertz CT molecular complexity index is 272. The molecule has 1 fully saturated rings. The van der Waals surface area contributed by atoms with E-state index in [9.17, 15) is 18.0 Å². The van der Waals surface area contributed by atoms with Crippen LogP contribution < -0.4 is 5.32 Å². The van der Waals surface area contributed by atoms with E-state index in [1.165, 1.54) is 4.90 Å². The minimum atomic E-state index is -4.40. The Morgan fingerprint density at radius 2 is 2.28 bits per heavy atom. The van der Waals surface area contributed by atoms with Gasteiger partial charge in [-0.2, -0.15) is 13.2 Å². The lowest BCUT2D eigenvalue weighted by Crippen LogP contribution is -2.49. The zero-order valence-corrected chi connectivity index (χ0v) is 10.1. The fourth-order valence-corrected chi connectivity index (χ4v) is 1.64. The molecule has 1 aliphatic heterocycles. The highest BCUT2D eigenvalue weighted by Gasteiger charge is 2.29. The third-order valence-corrected chi connectivity index (χ3v) is 2.41. The van der Waals surface area contributed by atoms with Crippen LogP contribution in [0.3, 0.4) is 0 Å². The number of amides is 1. The molecule has 1 N–H and O–H groups in total. The Labute approximate surface area is 103 Å². The summed E-state index contributed by atoms with van der Waals surface area (Å²) < 4.78 is 45.2. The number of likely N-dealkylation sites (N-methyl/N-ethyl adjacent to an activating group) is 1.